The minimum absolute atomic E-state index is 0. The molecule has 0 radical (unpaired) electrons. The molecular formula is C21H32IN5OS. The SMILES string of the molecule is CCNC(=NCC1(SC)CCOCC1)N(C)Cc1ncc(-c2ccccc2)[nH]1.I. The molecule has 0 aliphatic carbocycles. The second-order valence-electron chi connectivity index (χ2n) is 7.14. The third-order valence-corrected chi connectivity index (χ3v) is 6.55. The van der Waals surface area contributed by atoms with E-state index in [0.29, 0.717) is 6.54 Å². The highest BCUT2D eigenvalue weighted by atomic mass is 127. The van der Waals surface area contributed by atoms with E-state index in [9.17, 15) is 0 Å². The van der Waals surface area contributed by atoms with Crippen molar-refractivity contribution in [3.05, 3.63) is 42.4 Å². The van der Waals surface area contributed by atoms with Gasteiger partial charge in [-0.1, -0.05) is 30.3 Å². The van der Waals surface area contributed by atoms with Crippen molar-refractivity contribution >= 4 is 41.7 Å². The van der Waals surface area contributed by atoms with Gasteiger partial charge in [-0.05, 0) is 31.6 Å². The van der Waals surface area contributed by atoms with E-state index < -0.39 is 0 Å². The van der Waals surface area contributed by atoms with Crippen molar-refractivity contribution in [2.75, 3.05) is 39.6 Å². The van der Waals surface area contributed by atoms with Gasteiger partial charge in [-0.25, -0.2) is 4.98 Å². The zero-order valence-electron chi connectivity index (χ0n) is 17.5. The third-order valence-electron chi connectivity index (χ3n) is 5.15. The molecule has 1 saturated heterocycles. The summed E-state index contributed by atoms with van der Waals surface area (Å²) in [5, 5.41) is 3.42. The van der Waals surface area contributed by atoms with Gasteiger partial charge in [0, 0.05) is 31.6 Å². The first-order valence-corrected chi connectivity index (χ1v) is 11.1. The fraction of sp³-hybridized carbons (Fsp3) is 0.524. The number of aromatic amines is 1. The average Bonchev–Trinajstić information content (AvgIpc) is 3.21. The first kappa shape index (κ1) is 24.0. The van der Waals surface area contributed by atoms with Crippen LogP contribution in [0.3, 0.4) is 0 Å². The van der Waals surface area contributed by atoms with Crippen molar-refractivity contribution < 1.29 is 4.74 Å². The van der Waals surface area contributed by atoms with Crippen LogP contribution < -0.4 is 5.32 Å². The Morgan fingerprint density at radius 1 is 1.31 bits per heavy atom. The molecule has 2 N–H and O–H groups in total. The molecule has 1 aromatic heterocycles. The maximum Gasteiger partial charge on any atom is 0.194 e. The predicted octanol–water partition coefficient (Wildman–Crippen LogP) is 4.00. The molecule has 0 atom stereocenters. The molecular weight excluding hydrogens is 497 g/mol. The highest BCUT2D eigenvalue weighted by Crippen LogP contribution is 2.34. The van der Waals surface area contributed by atoms with Crippen LogP contribution in [-0.2, 0) is 11.3 Å². The van der Waals surface area contributed by atoms with E-state index in [1.54, 1.807) is 0 Å². The van der Waals surface area contributed by atoms with Crippen molar-refractivity contribution in [1.82, 2.24) is 20.2 Å². The van der Waals surface area contributed by atoms with Gasteiger partial charge in [0.1, 0.15) is 5.82 Å². The van der Waals surface area contributed by atoms with Crippen molar-refractivity contribution in [2.24, 2.45) is 4.99 Å². The minimum Gasteiger partial charge on any atom is -0.381 e. The van der Waals surface area contributed by atoms with Crippen LogP contribution in [-0.4, -0.2) is 65.2 Å². The van der Waals surface area contributed by atoms with Gasteiger partial charge in [0.15, 0.2) is 5.96 Å². The predicted molar refractivity (Wildman–Crippen MR) is 133 cm³/mol. The number of hydrogen-bond acceptors (Lipinski definition) is 4. The summed E-state index contributed by atoms with van der Waals surface area (Å²) in [4.78, 5) is 15.1. The smallest absolute Gasteiger partial charge is 0.194 e. The quantitative estimate of drug-likeness (QED) is 0.323. The Morgan fingerprint density at radius 3 is 2.69 bits per heavy atom. The van der Waals surface area contributed by atoms with E-state index in [4.69, 9.17) is 9.73 Å². The molecule has 0 bridgehead atoms. The average molecular weight is 529 g/mol. The molecule has 1 aromatic carbocycles. The maximum atomic E-state index is 5.55. The number of thioether (sulfide) groups is 1. The first-order valence-electron chi connectivity index (χ1n) is 9.87. The molecule has 1 aliphatic heterocycles. The van der Waals surface area contributed by atoms with Crippen LogP contribution >= 0.6 is 35.7 Å². The molecule has 1 aliphatic rings. The number of imidazole rings is 1. The van der Waals surface area contributed by atoms with Gasteiger partial charge < -0.3 is 19.9 Å². The Kier molecular flexibility index (Phi) is 9.78. The van der Waals surface area contributed by atoms with Crippen LogP contribution in [0.2, 0.25) is 0 Å². The van der Waals surface area contributed by atoms with Crippen LogP contribution in [0, 0.1) is 0 Å². The molecule has 1 fully saturated rings. The molecule has 160 valence electrons. The van der Waals surface area contributed by atoms with Crippen molar-refractivity contribution in [3.63, 3.8) is 0 Å². The van der Waals surface area contributed by atoms with E-state index in [1.807, 2.05) is 36.2 Å². The first-order chi connectivity index (χ1) is 13.7. The lowest BCUT2D eigenvalue weighted by Crippen LogP contribution is -2.41. The molecule has 0 spiro atoms. The largest absolute Gasteiger partial charge is 0.381 e. The van der Waals surface area contributed by atoms with Crippen molar-refractivity contribution in [2.45, 2.75) is 31.1 Å². The lowest BCUT2D eigenvalue weighted by atomic mass is 9.99. The second kappa shape index (κ2) is 11.8. The fourth-order valence-electron chi connectivity index (χ4n) is 3.37. The lowest BCUT2D eigenvalue weighted by molar-refractivity contribution is 0.0793. The summed E-state index contributed by atoms with van der Waals surface area (Å²) < 4.78 is 5.73. The highest BCUT2D eigenvalue weighted by Gasteiger charge is 2.31. The number of H-pyrrole nitrogens is 1. The molecule has 0 saturated carbocycles. The van der Waals surface area contributed by atoms with Gasteiger partial charge >= 0.3 is 0 Å². The standard InChI is InChI=1S/C21H31N5OS.HI/c1-4-22-20(24-16-21(28-3)10-12-27-13-11-21)26(2)15-19-23-14-18(25-19)17-8-6-5-7-9-17;/h5-9,14H,4,10-13,15-16H2,1-3H3,(H,22,24)(H,23,25);1H. The number of rotatable bonds is 7. The molecule has 29 heavy (non-hydrogen) atoms. The molecule has 3 rings (SSSR count). The molecule has 8 heteroatoms. The Hall–Kier alpha value is -1.26. The summed E-state index contributed by atoms with van der Waals surface area (Å²) in [6.45, 7) is 6.08. The van der Waals surface area contributed by atoms with Gasteiger partial charge in [0.2, 0.25) is 0 Å². The normalized spacial score (nSPS) is 16.2. The lowest BCUT2D eigenvalue weighted by Gasteiger charge is -2.34. The van der Waals surface area contributed by atoms with Crippen LogP contribution in [0.5, 0.6) is 0 Å². The number of aromatic nitrogens is 2. The van der Waals surface area contributed by atoms with Gasteiger partial charge in [0.25, 0.3) is 0 Å². The summed E-state index contributed by atoms with van der Waals surface area (Å²) in [6.07, 6.45) is 6.19. The van der Waals surface area contributed by atoms with E-state index in [1.165, 1.54) is 0 Å². The number of benzene rings is 1. The molecule has 2 heterocycles. The summed E-state index contributed by atoms with van der Waals surface area (Å²) >= 11 is 1.92. The summed E-state index contributed by atoms with van der Waals surface area (Å²) in [5.74, 6) is 1.85. The van der Waals surface area contributed by atoms with Crippen molar-refractivity contribution in [1.29, 1.82) is 0 Å². The third kappa shape index (κ3) is 6.62. The summed E-state index contributed by atoms with van der Waals surface area (Å²) in [6, 6.07) is 10.3. The maximum absolute atomic E-state index is 5.55. The Labute approximate surface area is 195 Å². The molecule has 0 unspecified atom stereocenters. The zero-order chi connectivity index (χ0) is 19.8. The summed E-state index contributed by atoms with van der Waals surface area (Å²) in [5.41, 5.74) is 2.18. The fourth-order valence-corrected chi connectivity index (χ4v) is 4.13. The summed E-state index contributed by atoms with van der Waals surface area (Å²) in [7, 11) is 2.06. The van der Waals surface area contributed by atoms with Gasteiger partial charge in [-0.3, -0.25) is 4.99 Å². The number of nitrogens with zero attached hydrogens (tertiary/aromatic N) is 3. The molecule has 0 amide bonds. The van der Waals surface area contributed by atoms with Crippen LogP contribution in [0.1, 0.15) is 25.6 Å². The Bertz CT molecular complexity index is 761. The topological polar surface area (TPSA) is 65.5 Å². The number of nitrogens with one attached hydrogen (secondary N) is 2. The van der Waals surface area contributed by atoms with E-state index >= 15 is 0 Å². The van der Waals surface area contributed by atoms with Crippen LogP contribution in [0.25, 0.3) is 11.3 Å². The minimum atomic E-state index is 0. The monoisotopic (exact) mass is 529 g/mol. The second-order valence-corrected chi connectivity index (χ2v) is 8.41. The highest BCUT2D eigenvalue weighted by molar-refractivity contribution is 14.0. The Morgan fingerprint density at radius 2 is 2.03 bits per heavy atom. The number of aliphatic imine (C=N–C) groups is 1. The van der Waals surface area contributed by atoms with Gasteiger partial charge in [-0.2, -0.15) is 11.8 Å². The van der Waals surface area contributed by atoms with Gasteiger partial charge in [-0.15, -0.1) is 24.0 Å². The van der Waals surface area contributed by atoms with E-state index in [0.717, 1.165) is 62.2 Å². The molecule has 2 aromatic rings. The van der Waals surface area contributed by atoms with Crippen molar-refractivity contribution in [3.8, 4) is 11.3 Å². The zero-order valence-corrected chi connectivity index (χ0v) is 20.6. The van der Waals surface area contributed by atoms with E-state index in [2.05, 4.69) is 52.5 Å². The van der Waals surface area contributed by atoms with Crippen LogP contribution in [0.15, 0.2) is 41.5 Å². The molecule has 6 nitrogen and oxygen atoms in total. The van der Waals surface area contributed by atoms with Crippen LogP contribution in [0.4, 0.5) is 0 Å². The van der Waals surface area contributed by atoms with E-state index in [-0.39, 0.29) is 28.7 Å². The number of guanidine groups is 1. The Balaban J connectivity index is 0.00000300. The number of hydrogen-bond donors (Lipinski definition) is 2. The number of halogens is 1. The number of ether oxygens (including phenoxy) is 1. The van der Waals surface area contributed by atoms with Gasteiger partial charge in [0.05, 0.1) is 25.0 Å².